The summed E-state index contributed by atoms with van der Waals surface area (Å²) in [4.78, 5) is 13.5. The zero-order chi connectivity index (χ0) is 16.9. The molecule has 0 radical (unpaired) electrons. The maximum Gasteiger partial charge on any atom is 0.256 e. The van der Waals surface area contributed by atoms with Gasteiger partial charge in [0.2, 0.25) is 0 Å². The number of nitrogens with one attached hydrogen (secondary N) is 1. The van der Waals surface area contributed by atoms with Crippen LogP contribution in [0.15, 0.2) is 64.0 Å². The molecule has 0 aliphatic rings. The highest BCUT2D eigenvalue weighted by molar-refractivity contribution is 7.98. The normalized spacial score (nSPS) is 10.6. The van der Waals surface area contributed by atoms with Gasteiger partial charge in [0, 0.05) is 16.6 Å². The van der Waals surface area contributed by atoms with E-state index in [-0.39, 0.29) is 5.91 Å². The first-order chi connectivity index (χ1) is 11.6. The molecule has 0 bridgehead atoms. The molecule has 1 aromatic heterocycles. The molecule has 1 N–H and O–H groups in total. The van der Waals surface area contributed by atoms with Crippen LogP contribution in [0.25, 0.3) is 0 Å². The molecule has 0 aliphatic heterocycles. The lowest BCUT2D eigenvalue weighted by molar-refractivity contribution is 0.102. The zero-order valence-corrected chi connectivity index (χ0v) is 14.4. The van der Waals surface area contributed by atoms with E-state index < -0.39 is 0 Å². The molecule has 5 heteroatoms. The lowest BCUT2D eigenvalue weighted by Gasteiger charge is -2.10. The van der Waals surface area contributed by atoms with Crippen LogP contribution in [0.3, 0.4) is 0 Å². The standard InChI is InChI=1S/C19H18N2O2S/c1-13-6-5-7-15(10-13)20-19(22)17-8-3-4-9-18(17)24-12-16-11-14(2)21-23-16/h3-11H,12H2,1-2H3,(H,20,22). The highest BCUT2D eigenvalue weighted by Gasteiger charge is 2.12. The second kappa shape index (κ2) is 7.36. The van der Waals surface area contributed by atoms with Crippen molar-refractivity contribution in [2.75, 3.05) is 5.32 Å². The van der Waals surface area contributed by atoms with E-state index in [0.717, 1.165) is 27.6 Å². The van der Waals surface area contributed by atoms with Gasteiger partial charge in [0.05, 0.1) is 17.0 Å². The van der Waals surface area contributed by atoms with Gasteiger partial charge in [-0.2, -0.15) is 0 Å². The minimum Gasteiger partial charge on any atom is -0.360 e. The quantitative estimate of drug-likeness (QED) is 0.677. The first-order valence-corrected chi connectivity index (χ1v) is 8.62. The molecule has 0 atom stereocenters. The minimum absolute atomic E-state index is 0.113. The minimum atomic E-state index is -0.113. The van der Waals surface area contributed by atoms with Crippen LogP contribution in [0.1, 0.15) is 27.4 Å². The van der Waals surface area contributed by atoms with Gasteiger partial charge in [-0.3, -0.25) is 4.79 Å². The van der Waals surface area contributed by atoms with Gasteiger partial charge in [0.15, 0.2) is 0 Å². The predicted octanol–water partition coefficient (Wildman–Crippen LogP) is 4.84. The van der Waals surface area contributed by atoms with Gasteiger partial charge in [0.1, 0.15) is 5.76 Å². The molecular formula is C19H18N2O2S. The van der Waals surface area contributed by atoms with E-state index >= 15 is 0 Å². The van der Waals surface area contributed by atoms with Gasteiger partial charge in [0.25, 0.3) is 5.91 Å². The van der Waals surface area contributed by atoms with E-state index in [2.05, 4.69) is 10.5 Å². The van der Waals surface area contributed by atoms with Crippen LogP contribution in [0.4, 0.5) is 5.69 Å². The molecule has 1 amide bonds. The molecule has 24 heavy (non-hydrogen) atoms. The number of thioether (sulfide) groups is 1. The van der Waals surface area contributed by atoms with Crippen LogP contribution in [-0.2, 0) is 5.75 Å². The number of carbonyl (C=O) groups is 1. The number of hydrogen-bond donors (Lipinski definition) is 1. The Balaban J connectivity index is 1.74. The largest absolute Gasteiger partial charge is 0.360 e. The third kappa shape index (κ3) is 4.06. The first-order valence-electron chi connectivity index (χ1n) is 7.64. The van der Waals surface area contributed by atoms with Crippen molar-refractivity contribution in [1.29, 1.82) is 0 Å². The van der Waals surface area contributed by atoms with Gasteiger partial charge >= 0.3 is 0 Å². The van der Waals surface area contributed by atoms with E-state index in [1.807, 2.05) is 68.4 Å². The maximum atomic E-state index is 12.6. The molecule has 3 rings (SSSR count). The topological polar surface area (TPSA) is 55.1 Å². The van der Waals surface area contributed by atoms with Crippen molar-refractivity contribution in [2.24, 2.45) is 0 Å². The molecule has 1 heterocycles. The summed E-state index contributed by atoms with van der Waals surface area (Å²) >= 11 is 1.56. The molecule has 0 saturated carbocycles. The number of nitrogens with zero attached hydrogens (tertiary/aromatic N) is 1. The highest BCUT2D eigenvalue weighted by atomic mass is 32.2. The van der Waals surface area contributed by atoms with E-state index in [1.54, 1.807) is 11.8 Å². The Bertz CT molecular complexity index is 858. The lowest BCUT2D eigenvalue weighted by Crippen LogP contribution is -2.13. The van der Waals surface area contributed by atoms with Gasteiger partial charge in [-0.1, -0.05) is 29.4 Å². The Hall–Kier alpha value is -2.53. The van der Waals surface area contributed by atoms with Crippen molar-refractivity contribution < 1.29 is 9.32 Å². The molecule has 122 valence electrons. The van der Waals surface area contributed by atoms with E-state index in [4.69, 9.17) is 4.52 Å². The smallest absolute Gasteiger partial charge is 0.256 e. The number of aromatic nitrogens is 1. The molecule has 0 aliphatic carbocycles. The Morgan fingerprint density at radius 1 is 1.12 bits per heavy atom. The Kier molecular flexibility index (Phi) is 5.01. The second-order valence-corrected chi connectivity index (χ2v) is 6.56. The van der Waals surface area contributed by atoms with Crippen molar-refractivity contribution in [1.82, 2.24) is 5.16 Å². The van der Waals surface area contributed by atoms with Crippen molar-refractivity contribution >= 4 is 23.4 Å². The summed E-state index contributed by atoms with van der Waals surface area (Å²) in [6.45, 7) is 3.89. The molecule has 0 spiro atoms. The molecule has 2 aromatic carbocycles. The van der Waals surface area contributed by atoms with Gasteiger partial charge in [-0.05, 0) is 43.7 Å². The molecule has 0 unspecified atom stereocenters. The van der Waals surface area contributed by atoms with E-state index in [9.17, 15) is 4.79 Å². The summed E-state index contributed by atoms with van der Waals surface area (Å²) in [5, 5.41) is 6.84. The Morgan fingerprint density at radius 2 is 1.96 bits per heavy atom. The Labute approximate surface area is 145 Å². The van der Waals surface area contributed by atoms with E-state index in [1.165, 1.54) is 0 Å². The fourth-order valence-corrected chi connectivity index (χ4v) is 3.26. The molecule has 0 saturated heterocycles. The monoisotopic (exact) mass is 338 g/mol. The third-order valence-electron chi connectivity index (χ3n) is 3.45. The number of amides is 1. The van der Waals surface area contributed by atoms with Gasteiger partial charge < -0.3 is 9.84 Å². The van der Waals surface area contributed by atoms with Gasteiger partial charge in [-0.15, -0.1) is 11.8 Å². The summed E-state index contributed by atoms with van der Waals surface area (Å²) < 4.78 is 5.22. The fourth-order valence-electron chi connectivity index (χ4n) is 2.33. The SMILES string of the molecule is Cc1cccc(NC(=O)c2ccccc2SCc2cc(C)no2)c1. The second-order valence-electron chi connectivity index (χ2n) is 5.54. The van der Waals surface area contributed by atoms with Crippen molar-refractivity contribution in [2.45, 2.75) is 24.5 Å². The summed E-state index contributed by atoms with van der Waals surface area (Å²) in [7, 11) is 0. The summed E-state index contributed by atoms with van der Waals surface area (Å²) in [5.74, 6) is 1.32. The lowest BCUT2D eigenvalue weighted by atomic mass is 10.2. The van der Waals surface area contributed by atoms with Crippen molar-refractivity contribution in [3.8, 4) is 0 Å². The molecule has 3 aromatic rings. The van der Waals surface area contributed by atoms with Gasteiger partial charge in [-0.25, -0.2) is 0 Å². The third-order valence-corrected chi connectivity index (χ3v) is 4.55. The van der Waals surface area contributed by atoms with Crippen molar-refractivity contribution in [3.63, 3.8) is 0 Å². The van der Waals surface area contributed by atoms with Crippen LogP contribution in [0.2, 0.25) is 0 Å². The summed E-state index contributed by atoms with van der Waals surface area (Å²) in [6.07, 6.45) is 0. The van der Waals surface area contributed by atoms with Crippen LogP contribution in [0, 0.1) is 13.8 Å². The molecule has 4 nitrogen and oxygen atoms in total. The fraction of sp³-hybridized carbons (Fsp3) is 0.158. The van der Waals surface area contributed by atoms with Crippen molar-refractivity contribution in [3.05, 3.63) is 77.2 Å². The number of anilines is 1. The number of carbonyl (C=O) groups excluding carboxylic acids is 1. The number of hydrogen-bond acceptors (Lipinski definition) is 4. The van der Waals surface area contributed by atoms with Crippen LogP contribution >= 0.6 is 11.8 Å². The number of rotatable bonds is 5. The first kappa shape index (κ1) is 16.3. The van der Waals surface area contributed by atoms with Crippen LogP contribution in [0.5, 0.6) is 0 Å². The summed E-state index contributed by atoms with van der Waals surface area (Å²) in [5.41, 5.74) is 3.41. The van der Waals surface area contributed by atoms with E-state index in [0.29, 0.717) is 11.3 Å². The maximum absolute atomic E-state index is 12.6. The number of benzene rings is 2. The number of aryl methyl sites for hydroxylation is 2. The zero-order valence-electron chi connectivity index (χ0n) is 13.6. The average molecular weight is 338 g/mol. The summed E-state index contributed by atoms with van der Waals surface area (Å²) in [6, 6.07) is 17.2. The Morgan fingerprint density at radius 3 is 2.71 bits per heavy atom. The molecular weight excluding hydrogens is 320 g/mol. The predicted molar refractivity (Wildman–Crippen MR) is 96.4 cm³/mol. The van der Waals surface area contributed by atoms with Crippen LogP contribution < -0.4 is 5.32 Å². The average Bonchev–Trinajstić information content (AvgIpc) is 2.99. The molecule has 0 fully saturated rings. The highest BCUT2D eigenvalue weighted by Crippen LogP contribution is 2.27. The van der Waals surface area contributed by atoms with Crippen LogP contribution in [-0.4, -0.2) is 11.1 Å².